The number of ether oxygens (including phenoxy) is 1. The van der Waals surface area contributed by atoms with Gasteiger partial charge in [0.1, 0.15) is 5.82 Å². The van der Waals surface area contributed by atoms with E-state index in [1.54, 1.807) is 24.1 Å². The van der Waals surface area contributed by atoms with Crippen LogP contribution in [0.15, 0.2) is 18.3 Å². The Morgan fingerprint density at radius 3 is 2.76 bits per heavy atom. The number of rotatable bonds is 5. The van der Waals surface area contributed by atoms with Crippen molar-refractivity contribution in [1.82, 2.24) is 9.88 Å². The summed E-state index contributed by atoms with van der Waals surface area (Å²) in [6, 6.07) is 3.29. The van der Waals surface area contributed by atoms with Gasteiger partial charge >= 0.3 is 0 Å². The molecular formula is C12H19N3O2. The highest BCUT2D eigenvalue weighted by Gasteiger charge is 2.11. The Labute approximate surface area is 102 Å². The molecule has 0 atom stereocenters. The van der Waals surface area contributed by atoms with Gasteiger partial charge in [-0.15, -0.1) is 0 Å². The molecule has 1 aromatic rings. The van der Waals surface area contributed by atoms with Crippen LogP contribution in [0, 0.1) is 0 Å². The van der Waals surface area contributed by atoms with Gasteiger partial charge < -0.3 is 15.4 Å². The number of anilines is 1. The van der Waals surface area contributed by atoms with Crippen molar-refractivity contribution in [3.05, 3.63) is 23.9 Å². The largest absolute Gasteiger partial charge is 0.384 e. The summed E-state index contributed by atoms with van der Waals surface area (Å²) in [5, 5.41) is 0. The standard InChI is InChI=1S/C12H19N3O2/c1-9(2)17-7-6-15(3)12(16)10-4-5-11(13)14-8-10/h4-5,8-9H,6-7H2,1-3H3,(H2,13,14). The molecule has 17 heavy (non-hydrogen) atoms. The lowest BCUT2D eigenvalue weighted by Crippen LogP contribution is -2.30. The number of nitrogens with zero attached hydrogens (tertiary/aromatic N) is 2. The van der Waals surface area contributed by atoms with Gasteiger partial charge in [0.25, 0.3) is 5.91 Å². The Hall–Kier alpha value is -1.62. The third-order valence-electron chi connectivity index (χ3n) is 2.26. The molecule has 1 amide bonds. The van der Waals surface area contributed by atoms with Gasteiger partial charge in [0, 0.05) is 19.8 Å². The summed E-state index contributed by atoms with van der Waals surface area (Å²) in [7, 11) is 1.74. The first-order chi connectivity index (χ1) is 8.00. The van der Waals surface area contributed by atoms with Crippen molar-refractivity contribution in [3.63, 3.8) is 0 Å². The number of nitrogen functional groups attached to an aromatic ring is 1. The van der Waals surface area contributed by atoms with Crippen LogP contribution < -0.4 is 5.73 Å². The lowest BCUT2D eigenvalue weighted by Gasteiger charge is -2.18. The zero-order chi connectivity index (χ0) is 12.8. The van der Waals surface area contributed by atoms with E-state index in [9.17, 15) is 4.79 Å². The van der Waals surface area contributed by atoms with Crippen LogP contribution in [0.4, 0.5) is 5.82 Å². The fourth-order valence-corrected chi connectivity index (χ4v) is 1.28. The Morgan fingerprint density at radius 1 is 1.53 bits per heavy atom. The second-order valence-electron chi connectivity index (χ2n) is 4.12. The van der Waals surface area contributed by atoms with Crippen LogP contribution in [0.25, 0.3) is 0 Å². The number of carbonyl (C=O) groups is 1. The molecule has 0 unspecified atom stereocenters. The fourth-order valence-electron chi connectivity index (χ4n) is 1.28. The SMILES string of the molecule is CC(C)OCCN(C)C(=O)c1ccc(N)nc1. The van der Waals surface area contributed by atoms with Gasteiger partial charge in [0.15, 0.2) is 0 Å². The molecule has 0 spiro atoms. The molecule has 1 aromatic heterocycles. The fraction of sp³-hybridized carbons (Fsp3) is 0.500. The number of hydrogen-bond donors (Lipinski definition) is 1. The van der Waals surface area contributed by atoms with E-state index in [-0.39, 0.29) is 12.0 Å². The minimum absolute atomic E-state index is 0.0788. The maximum atomic E-state index is 11.9. The Balaban J connectivity index is 2.49. The molecule has 1 heterocycles. The van der Waals surface area contributed by atoms with Gasteiger partial charge in [0.05, 0.1) is 18.3 Å². The number of nitrogens with two attached hydrogens (primary N) is 1. The lowest BCUT2D eigenvalue weighted by molar-refractivity contribution is 0.0532. The quantitative estimate of drug-likeness (QED) is 0.834. The molecule has 0 saturated heterocycles. The summed E-state index contributed by atoms with van der Waals surface area (Å²) in [6.45, 7) is 5.02. The van der Waals surface area contributed by atoms with Crippen LogP contribution in [0.1, 0.15) is 24.2 Å². The summed E-state index contributed by atoms with van der Waals surface area (Å²) >= 11 is 0. The molecule has 0 bridgehead atoms. The van der Waals surface area contributed by atoms with Crippen LogP contribution in [0.3, 0.4) is 0 Å². The molecule has 2 N–H and O–H groups in total. The minimum atomic E-state index is -0.0788. The normalized spacial score (nSPS) is 10.6. The molecule has 0 aromatic carbocycles. The average Bonchev–Trinajstić information content (AvgIpc) is 2.28. The predicted octanol–water partition coefficient (Wildman–Crippen LogP) is 1.16. The van der Waals surface area contributed by atoms with Crippen LogP contribution in [-0.2, 0) is 4.74 Å². The van der Waals surface area contributed by atoms with Crippen LogP contribution >= 0.6 is 0 Å². The third-order valence-corrected chi connectivity index (χ3v) is 2.26. The van der Waals surface area contributed by atoms with Gasteiger partial charge in [-0.3, -0.25) is 4.79 Å². The van der Waals surface area contributed by atoms with E-state index < -0.39 is 0 Å². The van der Waals surface area contributed by atoms with E-state index in [1.807, 2.05) is 13.8 Å². The van der Waals surface area contributed by atoms with Crippen molar-refractivity contribution in [2.24, 2.45) is 0 Å². The van der Waals surface area contributed by atoms with Gasteiger partial charge in [-0.2, -0.15) is 0 Å². The van der Waals surface area contributed by atoms with Crippen molar-refractivity contribution in [2.45, 2.75) is 20.0 Å². The second-order valence-corrected chi connectivity index (χ2v) is 4.12. The molecule has 1 rings (SSSR count). The number of likely N-dealkylation sites (N-methyl/N-ethyl adjacent to an activating group) is 1. The summed E-state index contributed by atoms with van der Waals surface area (Å²) < 4.78 is 5.39. The number of amides is 1. The van der Waals surface area contributed by atoms with E-state index in [0.717, 1.165) is 0 Å². The molecular weight excluding hydrogens is 218 g/mol. The summed E-state index contributed by atoms with van der Waals surface area (Å²) in [4.78, 5) is 17.4. The zero-order valence-electron chi connectivity index (χ0n) is 10.5. The maximum Gasteiger partial charge on any atom is 0.255 e. The monoisotopic (exact) mass is 237 g/mol. The molecule has 0 aliphatic carbocycles. The molecule has 0 aliphatic heterocycles. The van der Waals surface area contributed by atoms with E-state index >= 15 is 0 Å². The van der Waals surface area contributed by atoms with Gasteiger partial charge in [-0.05, 0) is 26.0 Å². The average molecular weight is 237 g/mol. The Bertz CT molecular complexity index is 363. The number of pyridine rings is 1. The first-order valence-electron chi connectivity index (χ1n) is 5.59. The van der Waals surface area contributed by atoms with E-state index in [4.69, 9.17) is 10.5 Å². The number of hydrogen-bond acceptors (Lipinski definition) is 4. The second kappa shape index (κ2) is 6.20. The molecule has 94 valence electrons. The van der Waals surface area contributed by atoms with Gasteiger partial charge in [-0.1, -0.05) is 0 Å². The van der Waals surface area contributed by atoms with Crippen molar-refractivity contribution < 1.29 is 9.53 Å². The zero-order valence-corrected chi connectivity index (χ0v) is 10.5. The molecule has 5 heteroatoms. The Morgan fingerprint density at radius 2 is 2.24 bits per heavy atom. The summed E-state index contributed by atoms with van der Waals surface area (Å²) in [5.74, 6) is 0.331. The molecule has 0 aliphatic rings. The van der Waals surface area contributed by atoms with E-state index in [0.29, 0.717) is 24.5 Å². The lowest BCUT2D eigenvalue weighted by atomic mass is 10.2. The summed E-state index contributed by atoms with van der Waals surface area (Å²) in [6.07, 6.45) is 1.66. The van der Waals surface area contributed by atoms with E-state index in [1.165, 1.54) is 6.20 Å². The van der Waals surface area contributed by atoms with Crippen molar-refractivity contribution in [1.29, 1.82) is 0 Å². The number of carbonyl (C=O) groups excluding carboxylic acids is 1. The smallest absolute Gasteiger partial charge is 0.255 e. The number of aromatic nitrogens is 1. The van der Waals surface area contributed by atoms with Crippen molar-refractivity contribution >= 4 is 11.7 Å². The molecule has 5 nitrogen and oxygen atoms in total. The highest BCUT2D eigenvalue weighted by molar-refractivity contribution is 5.93. The first-order valence-corrected chi connectivity index (χ1v) is 5.59. The minimum Gasteiger partial charge on any atom is -0.384 e. The highest BCUT2D eigenvalue weighted by Crippen LogP contribution is 2.04. The molecule has 0 fully saturated rings. The first kappa shape index (κ1) is 13.4. The topological polar surface area (TPSA) is 68.5 Å². The van der Waals surface area contributed by atoms with Crippen LogP contribution in [0.2, 0.25) is 0 Å². The highest BCUT2D eigenvalue weighted by atomic mass is 16.5. The predicted molar refractivity (Wildman–Crippen MR) is 66.7 cm³/mol. The van der Waals surface area contributed by atoms with E-state index in [2.05, 4.69) is 4.98 Å². The maximum absolute atomic E-state index is 11.9. The van der Waals surface area contributed by atoms with Crippen molar-refractivity contribution in [3.8, 4) is 0 Å². The van der Waals surface area contributed by atoms with Crippen molar-refractivity contribution in [2.75, 3.05) is 25.9 Å². The third kappa shape index (κ3) is 4.40. The van der Waals surface area contributed by atoms with Gasteiger partial charge in [-0.25, -0.2) is 4.98 Å². The van der Waals surface area contributed by atoms with Crippen LogP contribution in [0.5, 0.6) is 0 Å². The summed E-state index contributed by atoms with van der Waals surface area (Å²) in [5.41, 5.74) is 5.99. The molecule has 0 radical (unpaired) electrons. The Kier molecular flexibility index (Phi) is 4.90. The van der Waals surface area contributed by atoms with Gasteiger partial charge in [0.2, 0.25) is 0 Å². The molecule has 0 saturated carbocycles. The van der Waals surface area contributed by atoms with Crippen LogP contribution in [-0.4, -0.2) is 42.1 Å².